The molecule has 20 heavy (non-hydrogen) atoms. The minimum Gasteiger partial charge on any atom is -0.467 e. The number of hydrogen-bond donors (Lipinski definition) is 0. The normalized spacial score (nSPS) is 10.5. The van der Waals surface area contributed by atoms with Gasteiger partial charge in [0.05, 0.1) is 25.0 Å². The topological polar surface area (TPSA) is 42.7 Å². The monoisotopic (exact) mass is 385 g/mol. The van der Waals surface area contributed by atoms with Crippen molar-refractivity contribution < 1.29 is 13.9 Å². The van der Waals surface area contributed by atoms with E-state index in [1.165, 1.54) is 0 Å². The Labute approximate surface area is 131 Å². The number of benzene rings is 1. The predicted molar refractivity (Wildman–Crippen MR) is 84.5 cm³/mol. The van der Waals surface area contributed by atoms with Crippen LogP contribution >= 0.6 is 22.6 Å². The molecule has 1 aromatic carbocycles. The third-order valence-corrected chi connectivity index (χ3v) is 3.82. The maximum Gasteiger partial charge on any atom is 0.255 e. The van der Waals surface area contributed by atoms with Crippen molar-refractivity contribution in [1.82, 2.24) is 4.90 Å². The zero-order chi connectivity index (χ0) is 14.4. The first-order valence-corrected chi connectivity index (χ1v) is 7.35. The summed E-state index contributed by atoms with van der Waals surface area (Å²) in [5, 5.41) is 0. The van der Waals surface area contributed by atoms with Crippen LogP contribution in [0.2, 0.25) is 0 Å². The number of carbonyl (C=O) groups excluding carboxylic acids is 1. The van der Waals surface area contributed by atoms with Crippen LogP contribution in [0.4, 0.5) is 0 Å². The lowest BCUT2D eigenvalue weighted by molar-refractivity contribution is 0.0665. The average molecular weight is 385 g/mol. The Morgan fingerprint density at radius 1 is 1.30 bits per heavy atom. The molecule has 0 aliphatic heterocycles. The van der Waals surface area contributed by atoms with Gasteiger partial charge in [0.15, 0.2) is 0 Å². The van der Waals surface area contributed by atoms with Crippen LogP contribution in [0.25, 0.3) is 0 Å². The van der Waals surface area contributed by atoms with Gasteiger partial charge in [-0.1, -0.05) is 12.1 Å². The van der Waals surface area contributed by atoms with Crippen LogP contribution in [0.1, 0.15) is 16.1 Å². The van der Waals surface area contributed by atoms with Crippen LogP contribution in [-0.2, 0) is 11.3 Å². The van der Waals surface area contributed by atoms with E-state index in [-0.39, 0.29) is 5.91 Å². The molecule has 2 rings (SSSR count). The molecule has 0 spiro atoms. The van der Waals surface area contributed by atoms with Crippen LogP contribution in [0, 0.1) is 3.57 Å². The standard InChI is InChI=1S/C15H16INO3/c1-19-10-8-17(11-12-5-4-9-20-12)15(18)13-6-2-3-7-14(13)16/h2-7,9H,8,10-11H2,1H3. The Balaban J connectivity index is 2.17. The van der Waals surface area contributed by atoms with Crippen molar-refractivity contribution in [2.75, 3.05) is 20.3 Å². The molecule has 4 nitrogen and oxygen atoms in total. The first kappa shape index (κ1) is 15.1. The van der Waals surface area contributed by atoms with Gasteiger partial charge in [0.25, 0.3) is 5.91 Å². The molecule has 1 amide bonds. The molecule has 0 N–H and O–H groups in total. The molecule has 0 unspecified atom stereocenters. The third-order valence-electron chi connectivity index (χ3n) is 2.88. The van der Waals surface area contributed by atoms with Gasteiger partial charge < -0.3 is 14.1 Å². The van der Waals surface area contributed by atoms with Gasteiger partial charge in [-0.3, -0.25) is 4.79 Å². The Hall–Kier alpha value is -1.34. The zero-order valence-electron chi connectivity index (χ0n) is 11.2. The van der Waals surface area contributed by atoms with E-state index in [1.807, 2.05) is 36.4 Å². The van der Waals surface area contributed by atoms with Gasteiger partial charge in [0.2, 0.25) is 0 Å². The summed E-state index contributed by atoms with van der Waals surface area (Å²) in [6, 6.07) is 11.2. The molecule has 0 bridgehead atoms. The van der Waals surface area contributed by atoms with E-state index < -0.39 is 0 Å². The molecule has 0 radical (unpaired) electrons. The van der Waals surface area contributed by atoms with Crippen molar-refractivity contribution in [2.24, 2.45) is 0 Å². The Bertz CT molecular complexity index is 554. The van der Waals surface area contributed by atoms with Crippen molar-refractivity contribution in [3.05, 3.63) is 57.6 Å². The molecule has 0 saturated carbocycles. The van der Waals surface area contributed by atoms with Crippen LogP contribution in [0.3, 0.4) is 0 Å². The van der Waals surface area contributed by atoms with E-state index in [2.05, 4.69) is 22.6 Å². The van der Waals surface area contributed by atoms with Crippen LogP contribution < -0.4 is 0 Å². The third kappa shape index (κ3) is 3.83. The Morgan fingerprint density at radius 3 is 2.75 bits per heavy atom. The fourth-order valence-electron chi connectivity index (χ4n) is 1.85. The highest BCUT2D eigenvalue weighted by atomic mass is 127. The molecule has 2 aromatic rings. The smallest absolute Gasteiger partial charge is 0.255 e. The number of ether oxygens (including phenoxy) is 1. The van der Waals surface area contributed by atoms with Crippen LogP contribution in [0.5, 0.6) is 0 Å². The molecular formula is C15H16INO3. The van der Waals surface area contributed by atoms with E-state index in [9.17, 15) is 4.79 Å². The van der Waals surface area contributed by atoms with Gasteiger partial charge >= 0.3 is 0 Å². The quantitative estimate of drug-likeness (QED) is 0.718. The first-order chi connectivity index (χ1) is 9.72. The zero-order valence-corrected chi connectivity index (χ0v) is 13.4. The number of hydrogen-bond acceptors (Lipinski definition) is 3. The second kappa shape index (κ2) is 7.44. The maximum absolute atomic E-state index is 12.6. The largest absolute Gasteiger partial charge is 0.467 e. The van der Waals surface area contributed by atoms with E-state index in [0.717, 1.165) is 9.33 Å². The molecule has 0 saturated heterocycles. The van der Waals surface area contributed by atoms with E-state index >= 15 is 0 Å². The summed E-state index contributed by atoms with van der Waals surface area (Å²) in [6.07, 6.45) is 1.61. The molecule has 1 heterocycles. The highest BCUT2D eigenvalue weighted by molar-refractivity contribution is 14.1. The summed E-state index contributed by atoms with van der Waals surface area (Å²) >= 11 is 2.17. The number of methoxy groups -OCH3 is 1. The van der Waals surface area contributed by atoms with Crippen molar-refractivity contribution >= 4 is 28.5 Å². The number of rotatable bonds is 6. The molecule has 0 atom stereocenters. The van der Waals surface area contributed by atoms with Gasteiger partial charge in [0.1, 0.15) is 5.76 Å². The lowest BCUT2D eigenvalue weighted by Crippen LogP contribution is -2.33. The number of halogens is 1. The molecule has 0 aliphatic carbocycles. The minimum atomic E-state index is -0.0107. The van der Waals surface area contributed by atoms with Crippen molar-refractivity contribution in [2.45, 2.75) is 6.54 Å². The fraction of sp³-hybridized carbons (Fsp3) is 0.267. The Morgan fingerprint density at radius 2 is 2.10 bits per heavy atom. The van der Waals surface area contributed by atoms with Crippen LogP contribution in [0.15, 0.2) is 47.1 Å². The SMILES string of the molecule is COCCN(Cc1ccco1)C(=O)c1ccccc1I. The summed E-state index contributed by atoms with van der Waals surface area (Å²) < 4.78 is 11.3. The second-order valence-electron chi connectivity index (χ2n) is 4.28. The number of amides is 1. The van der Waals surface area contributed by atoms with Crippen LogP contribution in [-0.4, -0.2) is 31.1 Å². The summed E-state index contributed by atoms with van der Waals surface area (Å²) in [6.45, 7) is 1.47. The number of carbonyl (C=O) groups is 1. The lowest BCUT2D eigenvalue weighted by Gasteiger charge is -2.22. The van der Waals surface area contributed by atoms with Gasteiger partial charge in [-0.2, -0.15) is 0 Å². The summed E-state index contributed by atoms with van der Waals surface area (Å²) in [7, 11) is 1.63. The van der Waals surface area contributed by atoms with Gasteiger partial charge in [0, 0.05) is 17.2 Å². The van der Waals surface area contributed by atoms with Crippen molar-refractivity contribution in [3.8, 4) is 0 Å². The summed E-state index contributed by atoms with van der Waals surface area (Å²) in [4.78, 5) is 14.4. The van der Waals surface area contributed by atoms with Crippen molar-refractivity contribution in [1.29, 1.82) is 0 Å². The summed E-state index contributed by atoms with van der Waals surface area (Å²) in [5.74, 6) is 0.754. The van der Waals surface area contributed by atoms with Gasteiger partial charge in [-0.25, -0.2) is 0 Å². The first-order valence-electron chi connectivity index (χ1n) is 6.27. The highest BCUT2D eigenvalue weighted by Gasteiger charge is 2.18. The van der Waals surface area contributed by atoms with E-state index in [1.54, 1.807) is 18.3 Å². The van der Waals surface area contributed by atoms with Gasteiger partial charge in [-0.05, 0) is 46.9 Å². The van der Waals surface area contributed by atoms with Crippen molar-refractivity contribution in [3.63, 3.8) is 0 Å². The number of nitrogens with zero attached hydrogens (tertiary/aromatic N) is 1. The molecular weight excluding hydrogens is 369 g/mol. The maximum atomic E-state index is 12.6. The van der Waals surface area contributed by atoms with E-state index in [4.69, 9.17) is 9.15 Å². The fourth-order valence-corrected chi connectivity index (χ4v) is 2.47. The number of furan rings is 1. The highest BCUT2D eigenvalue weighted by Crippen LogP contribution is 2.16. The molecule has 0 fully saturated rings. The average Bonchev–Trinajstić information content (AvgIpc) is 2.96. The molecule has 0 aliphatic rings. The minimum absolute atomic E-state index is 0.0107. The molecule has 5 heteroatoms. The second-order valence-corrected chi connectivity index (χ2v) is 5.44. The summed E-state index contributed by atoms with van der Waals surface area (Å²) in [5.41, 5.74) is 0.704. The Kier molecular flexibility index (Phi) is 5.60. The molecule has 106 valence electrons. The van der Waals surface area contributed by atoms with E-state index in [0.29, 0.717) is 25.3 Å². The van der Waals surface area contributed by atoms with Gasteiger partial charge in [-0.15, -0.1) is 0 Å². The lowest BCUT2D eigenvalue weighted by atomic mass is 10.2. The predicted octanol–water partition coefficient (Wildman–Crippen LogP) is 3.17. The molecule has 1 aromatic heterocycles.